The lowest BCUT2D eigenvalue weighted by molar-refractivity contribution is 0.352. The van der Waals surface area contributed by atoms with E-state index in [1.54, 1.807) is 0 Å². The van der Waals surface area contributed by atoms with Crippen LogP contribution in [-0.2, 0) is 36.5 Å². The Kier molecular flexibility index (Phi) is 61.0. The first-order chi connectivity index (χ1) is 38.8. The van der Waals surface area contributed by atoms with Crippen molar-refractivity contribution in [3.8, 4) is 0 Å². The van der Waals surface area contributed by atoms with Crippen LogP contribution < -0.4 is 85.1 Å². The molecule has 84 heavy (non-hydrogen) atoms. The average Bonchev–Trinajstić information content (AvgIpc) is 3.42. The van der Waals surface area contributed by atoms with Gasteiger partial charge in [0.2, 0.25) is 0 Å². The van der Waals surface area contributed by atoms with Gasteiger partial charge in [0.15, 0.2) is 23.6 Å². The summed E-state index contributed by atoms with van der Waals surface area (Å²) in [6.07, 6.45) is 0. The van der Waals surface area contributed by atoms with Crippen LogP contribution in [-0.4, -0.2) is 311 Å². The van der Waals surface area contributed by atoms with Gasteiger partial charge in [-0.15, -0.1) is 0 Å². The zero-order chi connectivity index (χ0) is 64.8. The van der Waals surface area contributed by atoms with Gasteiger partial charge >= 0.3 is 60.8 Å². The fourth-order valence-corrected chi connectivity index (χ4v) is 13.5. The monoisotopic (exact) mass is 1390 g/mol. The predicted octanol–water partition coefficient (Wildman–Crippen LogP) is -9.37. The van der Waals surface area contributed by atoms with Gasteiger partial charge in [-0.3, -0.25) is 36.5 Å². The minimum absolute atomic E-state index is 1.07. The van der Waals surface area contributed by atoms with Crippen LogP contribution in [0.2, 0.25) is 0 Å². The maximum atomic E-state index is 9.85. The molecule has 0 spiro atoms. The first-order valence-electron chi connectivity index (χ1n) is 26.5. The van der Waals surface area contributed by atoms with E-state index in [2.05, 4.69) is 85.1 Å². The van der Waals surface area contributed by atoms with Gasteiger partial charge in [0, 0.05) is 209 Å². The highest BCUT2D eigenvalue weighted by Gasteiger charge is 2.29. The smallest absolute Gasteiger partial charge is 0.324 e. The number of nitrogens with one attached hydrogen (secondary N) is 16. The third kappa shape index (κ3) is 104. The van der Waals surface area contributed by atoms with Crippen molar-refractivity contribution in [1.29, 1.82) is 0 Å². The Hall–Kier alpha value is 0.560. The van der Waals surface area contributed by atoms with Crippen molar-refractivity contribution in [2.45, 2.75) is 0 Å². The highest BCUT2D eigenvalue weighted by atomic mass is 31.3. The van der Waals surface area contributed by atoms with Gasteiger partial charge in [0.25, 0.3) is 0 Å². The van der Waals surface area contributed by atoms with Gasteiger partial charge in [-0.2, -0.15) is 0 Å². The molecule has 4 fully saturated rings. The molecule has 0 atom stereocenters. The van der Waals surface area contributed by atoms with Crippen molar-refractivity contribution >= 4 is 60.8 Å². The van der Waals surface area contributed by atoms with Gasteiger partial charge in [0.05, 0.1) is 0 Å². The van der Waals surface area contributed by atoms with Crippen LogP contribution in [0.4, 0.5) is 0 Å². The van der Waals surface area contributed by atoms with Gasteiger partial charge in [-0.25, -0.2) is 0 Å². The summed E-state index contributed by atoms with van der Waals surface area (Å²) in [5.74, 6) is -5.50. The fourth-order valence-electron chi connectivity index (χ4n) is 5.79. The zero-order valence-electron chi connectivity index (χ0n) is 47.5. The fraction of sp³-hybridized carbons (Fsp3) is 1.00. The normalized spacial score (nSPS) is 19.6. The van der Waals surface area contributed by atoms with Gasteiger partial charge in [0.1, 0.15) is 0 Å². The molecular formula is C36H104N16O24P8. The second kappa shape index (κ2) is 56.3. The minimum atomic E-state index is -4.55. The van der Waals surface area contributed by atoms with E-state index in [0.717, 1.165) is 209 Å². The predicted molar refractivity (Wildman–Crippen MR) is 322 cm³/mol. The molecule has 0 radical (unpaired) electrons. The summed E-state index contributed by atoms with van der Waals surface area (Å²) in [7, 11) is -36.4. The van der Waals surface area contributed by atoms with Crippen LogP contribution in [0.25, 0.3) is 0 Å². The molecule has 4 heterocycles. The molecule has 4 saturated heterocycles. The molecule has 0 unspecified atom stereocenters. The van der Waals surface area contributed by atoms with E-state index in [9.17, 15) is 36.5 Å². The molecule has 48 heteroatoms. The summed E-state index contributed by atoms with van der Waals surface area (Å²) >= 11 is 0. The van der Waals surface area contributed by atoms with Crippen molar-refractivity contribution in [3.05, 3.63) is 0 Å². The van der Waals surface area contributed by atoms with Crippen LogP contribution in [0.5, 0.6) is 0 Å². The lowest BCUT2D eigenvalue weighted by atomic mass is 10.4. The van der Waals surface area contributed by atoms with Crippen molar-refractivity contribution in [2.24, 2.45) is 0 Å². The molecule has 4 aliphatic heterocycles. The lowest BCUT2D eigenvalue weighted by Gasteiger charge is -2.11. The molecule has 0 aromatic carbocycles. The van der Waals surface area contributed by atoms with E-state index in [-0.39, 0.29) is 0 Å². The maximum Gasteiger partial charge on any atom is 0.337 e. The van der Waals surface area contributed by atoms with E-state index in [4.69, 9.17) is 78.3 Å². The van der Waals surface area contributed by atoms with E-state index >= 15 is 0 Å². The Balaban J connectivity index is -0.000000437. The van der Waals surface area contributed by atoms with Crippen LogP contribution in [0.3, 0.4) is 0 Å². The van der Waals surface area contributed by atoms with Gasteiger partial charge in [-0.1, -0.05) is 0 Å². The molecule has 0 saturated carbocycles. The van der Waals surface area contributed by atoms with E-state index in [1.807, 2.05) is 0 Å². The van der Waals surface area contributed by atoms with Crippen molar-refractivity contribution < 1.29 is 115 Å². The zero-order valence-corrected chi connectivity index (χ0v) is 54.6. The summed E-state index contributed by atoms with van der Waals surface area (Å²) in [5.41, 5.74) is 0. The van der Waals surface area contributed by atoms with E-state index in [1.165, 1.54) is 0 Å². The standard InChI is InChI=1S/4C8H20N4.4CH6O6P2/c4*1-2-10-5-6-12-8-7-11-4-3-9-1;4*2-8(3,4)1-9(5,6)7/h4*9-12H,1-8H2;4*1H2,(H2,2,3,4)(H2,5,6,7). The molecule has 32 N–H and O–H groups in total. The number of hydrogen-bond acceptors (Lipinski definition) is 24. The Morgan fingerprint density at radius 3 is 0.214 bits per heavy atom. The molecule has 512 valence electrons. The van der Waals surface area contributed by atoms with Crippen molar-refractivity contribution in [1.82, 2.24) is 85.1 Å². The molecule has 0 bridgehead atoms. The quantitative estimate of drug-likeness (QED) is 0.100. The molecule has 0 aromatic rings. The van der Waals surface area contributed by atoms with Crippen LogP contribution in [0.1, 0.15) is 0 Å². The summed E-state index contributed by atoms with van der Waals surface area (Å²) in [6, 6.07) is 0. The highest BCUT2D eigenvalue weighted by Crippen LogP contribution is 2.53. The van der Waals surface area contributed by atoms with Crippen molar-refractivity contribution in [2.75, 3.05) is 233 Å². The van der Waals surface area contributed by atoms with E-state index in [0.29, 0.717) is 0 Å². The first kappa shape index (κ1) is 91.0. The molecule has 40 nitrogen and oxygen atoms in total. The SMILES string of the molecule is C1CNCCNCCNCCN1.C1CNCCNCCNCCN1.C1CNCCNCCNCCN1.C1CNCCNCCNCCN1.O=P(O)(O)CP(=O)(O)O.O=P(O)(O)CP(=O)(O)O.O=P(O)(O)CP(=O)(O)O.O=P(O)(O)CP(=O)(O)O. The highest BCUT2D eigenvalue weighted by molar-refractivity contribution is 7.70. The molecule has 0 aliphatic carbocycles. The topological polar surface area (TPSA) is 653 Å². The van der Waals surface area contributed by atoms with E-state index < -0.39 is 84.4 Å². The third-order valence-corrected chi connectivity index (χ3v) is 20.9. The Morgan fingerprint density at radius 2 is 0.190 bits per heavy atom. The molecule has 0 aromatic heterocycles. The second-order valence-corrected chi connectivity index (χ2v) is 33.0. The van der Waals surface area contributed by atoms with Crippen LogP contribution in [0, 0.1) is 0 Å². The maximum absolute atomic E-state index is 9.85. The average molecular weight is 1390 g/mol. The second-order valence-electron chi connectivity index (χ2n) is 17.9. The molecule has 0 amide bonds. The van der Waals surface area contributed by atoms with Crippen LogP contribution in [0.15, 0.2) is 0 Å². The summed E-state index contributed by atoms with van der Waals surface area (Å²) in [4.78, 5) is 128. The Labute approximate surface area is 492 Å². The van der Waals surface area contributed by atoms with Gasteiger partial charge in [-0.05, 0) is 0 Å². The Bertz CT molecular complexity index is 1400. The largest absolute Gasteiger partial charge is 0.337 e. The van der Waals surface area contributed by atoms with Gasteiger partial charge < -0.3 is 163 Å². The minimum Gasteiger partial charge on any atom is -0.324 e. The number of rotatable bonds is 8. The summed E-state index contributed by atoms with van der Waals surface area (Å²) in [6.45, 7) is 34.3. The third-order valence-electron chi connectivity index (χ3n) is 9.13. The summed E-state index contributed by atoms with van der Waals surface area (Å²) in [5, 5.41) is 53.7. The number of hydrogen-bond donors (Lipinski definition) is 32. The molecular weight excluding hydrogens is 1290 g/mol. The molecule has 4 aliphatic rings. The Morgan fingerprint density at radius 1 is 0.143 bits per heavy atom. The van der Waals surface area contributed by atoms with Crippen molar-refractivity contribution in [3.63, 3.8) is 0 Å². The van der Waals surface area contributed by atoms with Crippen LogP contribution >= 0.6 is 60.8 Å². The summed E-state index contributed by atoms with van der Waals surface area (Å²) < 4.78 is 78.8. The first-order valence-corrected chi connectivity index (χ1v) is 40.9. The molecule has 4 rings (SSSR count). The lowest BCUT2D eigenvalue weighted by Crippen LogP contribution is -2.39.